The number of nitrogens with one attached hydrogen (secondary N) is 1. The van der Waals surface area contributed by atoms with Crippen molar-refractivity contribution in [3.05, 3.63) is 6.33 Å². The van der Waals surface area contributed by atoms with Crippen molar-refractivity contribution >= 4 is 23.6 Å². The smallest absolute Gasteiger partial charge is 0.328 e. The van der Waals surface area contributed by atoms with Crippen LogP contribution < -0.4 is 5.32 Å². The Kier molecular flexibility index (Phi) is 4.38. The lowest BCUT2D eigenvalue weighted by atomic mass is 10.3. The summed E-state index contributed by atoms with van der Waals surface area (Å²) in [6, 6.07) is -0.848. The molecule has 1 aliphatic carbocycles. The molecule has 9 heteroatoms. The molecular weight excluding hydrogens is 272 g/mol. The summed E-state index contributed by atoms with van der Waals surface area (Å²) < 4.78 is 1.92. The van der Waals surface area contributed by atoms with Crippen LogP contribution >= 0.6 is 11.8 Å². The molecule has 1 amide bonds. The molecule has 2 rings (SSSR count). The van der Waals surface area contributed by atoms with E-state index in [-0.39, 0.29) is 5.75 Å². The Morgan fingerprint density at radius 1 is 1.58 bits per heavy atom. The van der Waals surface area contributed by atoms with E-state index in [2.05, 4.69) is 15.5 Å². The molecule has 1 saturated carbocycles. The first-order chi connectivity index (χ1) is 9.11. The molecule has 0 spiro atoms. The Hall–Kier alpha value is -1.61. The third-order valence-corrected chi connectivity index (χ3v) is 3.59. The third kappa shape index (κ3) is 3.67. The summed E-state index contributed by atoms with van der Waals surface area (Å²) in [5.74, 6) is -1.69. The van der Waals surface area contributed by atoms with Crippen LogP contribution in [0.4, 0.5) is 0 Å². The summed E-state index contributed by atoms with van der Waals surface area (Å²) in [4.78, 5) is 22.2. The maximum Gasteiger partial charge on any atom is 0.328 e. The molecule has 0 radical (unpaired) electrons. The second-order valence-electron chi connectivity index (χ2n) is 4.18. The fourth-order valence-electron chi connectivity index (χ4n) is 1.49. The first-order valence-electron chi connectivity index (χ1n) is 5.77. The number of thioether (sulfide) groups is 1. The largest absolute Gasteiger partial charge is 0.480 e. The Bertz CT molecular complexity index is 474. The number of carboxylic acid groups (broad SMARTS) is 1. The summed E-state index contributed by atoms with van der Waals surface area (Å²) >= 11 is 1.20. The zero-order chi connectivity index (χ0) is 13.8. The van der Waals surface area contributed by atoms with E-state index in [4.69, 9.17) is 10.2 Å². The van der Waals surface area contributed by atoms with Crippen molar-refractivity contribution in [2.45, 2.75) is 30.1 Å². The van der Waals surface area contributed by atoms with Gasteiger partial charge in [0.05, 0.1) is 12.4 Å². The number of aliphatic hydroxyl groups excluding tert-OH is 1. The molecule has 1 fully saturated rings. The Balaban J connectivity index is 1.82. The topological polar surface area (TPSA) is 117 Å². The van der Waals surface area contributed by atoms with Crippen molar-refractivity contribution < 1.29 is 19.8 Å². The second kappa shape index (κ2) is 6.02. The number of carboxylic acids is 1. The van der Waals surface area contributed by atoms with E-state index in [9.17, 15) is 9.59 Å². The summed E-state index contributed by atoms with van der Waals surface area (Å²) in [5, 5.41) is 28.1. The van der Waals surface area contributed by atoms with Crippen molar-refractivity contribution in [3.63, 3.8) is 0 Å². The molecule has 1 aromatic heterocycles. The van der Waals surface area contributed by atoms with Gasteiger partial charge in [0.15, 0.2) is 5.16 Å². The lowest BCUT2D eigenvalue weighted by molar-refractivity contribution is -0.142. The molecule has 0 bridgehead atoms. The van der Waals surface area contributed by atoms with Crippen LogP contribution in [0.25, 0.3) is 0 Å². The van der Waals surface area contributed by atoms with Crippen LogP contribution in [0.1, 0.15) is 18.9 Å². The first-order valence-corrected chi connectivity index (χ1v) is 6.75. The molecular formula is C10H14N4O4S. The number of nitrogens with zero attached hydrogens (tertiary/aromatic N) is 3. The van der Waals surface area contributed by atoms with E-state index in [1.807, 2.05) is 4.57 Å². The van der Waals surface area contributed by atoms with Gasteiger partial charge >= 0.3 is 5.97 Å². The number of rotatable bonds is 7. The maximum atomic E-state index is 11.5. The number of aromatic nitrogens is 3. The van der Waals surface area contributed by atoms with Gasteiger partial charge in [-0.25, -0.2) is 4.79 Å². The van der Waals surface area contributed by atoms with Crippen LogP contribution in [0.3, 0.4) is 0 Å². The summed E-state index contributed by atoms with van der Waals surface area (Å²) in [7, 11) is 0. The van der Waals surface area contributed by atoms with Crippen LogP contribution in [-0.4, -0.2) is 55.3 Å². The molecule has 0 aromatic carbocycles. The van der Waals surface area contributed by atoms with Gasteiger partial charge in [-0.3, -0.25) is 4.79 Å². The third-order valence-electron chi connectivity index (χ3n) is 2.63. The average Bonchev–Trinajstić information content (AvgIpc) is 3.12. The molecule has 19 heavy (non-hydrogen) atoms. The standard InChI is InChI=1S/C10H14N4O4S/c15-3-7(9(17)18)12-8(16)4-19-10-13-11-5-14(10)6-1-2-6/h5-7,15H,1-4H2,(H,12,16)(H,17,18). The summed E-state index contributed by atoms with van der Waals surface area (Å²) in [6.45, 7) is -0.635. The average molecular weight is 286 g/mol. The number of carbonyl (C=O) groups excluding carboxylic acids is 1. The van der Waals surface area contributed by atoms with E-state index in [0.29, 0.717) is 11.2 Å². The van der Waals surface area contributed by atoms with Gasteiger partial charge in [0.2, 0.25) is 5.91 Å². The first kappa shape index (κ1) is 13.8. The summed E-state index contributed by atoms with van der Waals surface area (Å²) in [5.41, 5.74) is 0. The van der Waals surface area contributed by atoms with Crippen molar-refractivity contribution in [2.24, 2.45) is 0 Å². The molecule has 1 aliphatic rings. The van der Waals surface area contributed by atoms with Gasteiger partial charge in [0, 0.05) is 6.04 Å². The highest BCUT2D eigenvalue weighted by atomic mass is 32.2. The van der Waals surface area contributed by atoms with Crippen molar-refractivity contribution in [3.8, 4) is 0 Å². The number of carbonyl (C=O) groups is 2. The van der Waals surface area contributed by atoms with Gasteiger partial charge in [-0.2, -0.15) is 0 Å². The normalized spacial score (nSPS) is 16.1. The second-order valence-corrected chi connectivity index (χ2v) is 5.12. The number of hydrogen-bond acceptors (Lipinski definition) is 6. The molecule has 1 unspecified atom stereocenters. The van der Waals surface area contributed by atoms with Gasteiger partial charge in [0.1, 0.15) is 12.4 Å². The highest BCUT2D eigenvalue weighted by molar-refractivity contribution is 7.99. The van der Waals surface area contributed by atoms with E-state index in [0.717, 1.165) is 12.8 Å². The van der Waals surface area contributed by atoms with E-state index >= 15 is 0 Å². The van der Waals surface area contributed by atoms with Gasteiger partial charge in [-0.15, -0.1) is 10.2 Å². The monoisotopic (exact) mass is 286 g/mol. The highest BCUT2D eigenvalue weighted by Gasteiger charge is 2.26. The molecule has 104 valence electrons. The van der Waals surface area contributed by atoms with Crippen molar-refractivity contribution in [1.82, 2.24) is 20.1 Å². The molecule has 1 heterocycles. The minimum Gasteiger partial charge on any atom is -0.480 e. The molecule has 0 aliphatic heterocycles. The van der Waals surface area contributed by atoms with Crippen LogP contribution in [-0.2, 0) is 9.59 Å². The fraction of sp³-hybridized carbons (Fsp3) is 0.600. The van der Waals surface area contributed by atoms with Crippen LogP contribution in [0.5, 0.6) is 0 Å². The predicted octanol–water partition coefficient (Wildman–Crippen LogP) is -0.733. The summed E-state index contributed by atoms with van der Waals surface area (Å²) in [6.07, 6.45) is 3.80. The van der Waals surface area contributed by atoms with Gasteiger partial charge in [-0.05, 0) is 12.8 Å². The van der Waals surface area contributed by atoms with Crippen LogP contribution in [0.15, 0.2) is 11.5 Å². The lowest BCUT2D eigenvalue weighted by Crippen LogP contribution is -2.44. The zero-order valence-electron chi connectivity index (χ0n) is 10.0. The minimum absolute atomic E-state index is 0.0369. The minimum atomic E-state index is -1.27. The number of aliphatic carboxylic acids is 1. The van der Waals surface area contributed by atoms with Gasteiger partial charge < -0.3 is 20.1 Å². The zero-order valence-corrected chi connectivity index (χ0v) is 10.8. The molecule has 1 atom stereocenters. The Morgan fingerprint density at radius 3 is 2.89 bits per heavy atom. The van der Waals surface area contributed by atoms with Crippen molar-refractivity contribution in [2.75, 3.05) is 12.4 Å². The number of amides is 1. The Labute approximate surface area is 113 Å². The lowest BCUT2D eigenvalue weighted by Gasteiger charge is -2.11. The fourth-order valence-corrected chi connectivity index (χ4v) is 2.28. The molecule has 3 N–H and O–H groups in total. The SMILES string of the molecule is O=C(CSc1nncn1C1CC1)NC(CO)C(=O)O. The van der Waals surface area contributed by atoms with Gasteiger partial charge in [-0.1, -0.05) is 11.8 Å². The predicted molar refractivity (Wildman–Crippen MR) is 65.7 cm³/mol. The van der Waals surface area contributed by atoms with E-state index in [1.54, 1.807) is 6.33 Å². The van der Waals surface area contributed by atoms with E-state index < -0.39 is 24.5 Å². The van der Waals surface area contributed by atoms with E-state index in [1.165, 1.54) is 11.8 Å². The molecule has 1 aromatic rings. The quantitative estimate of drug-likeness (QED) is 0.565. The van der Waals surface area contributed by atoms with Crippen molar-refractivity contribution in [1.29, 1.82) is 0 Å². The number of hydrogen-bond donors (Lipinski definition) is 3. The van der Waals surface area contributed by atoms with Crippen LogP contribution in [0.2, 0.25) is 0 Å². The highest BCUT2D eigenvalue weighted by Crippen LogP contribution is 2.37. The molecule has 0 saturated heterocycles. The maximum absolute atomic E-state index is 11.5. The van der Waals surface area contributed by atoms with Gasteiger partial charge in [0.25, 0.3) is 0 Å². The van der Waals surface area contributed by atoms with Crippen LogP contribution in [0, 0.1) is 0 Å². The Morgan fingerprint density at radius 2 is 2.32 bits per heavy atom. The number of aliphatic hydroxyl groups is 1. The molecule has 8 nitrogen and oxygen atoms in total.